The van der Waals surface area contributed by atoms with E-state index in [1.165, 1.54) is 4.68 Å². The molecule has 2 aromatic heterocycles. The van der Waals surface area contributed by atoms with Crippen LogP contribution < -0.4 is 31.2 Å². The van der Waals surface area contributed by atoms with Crippen molar-refractivity contribution in [1.29, 1.82) is 0 Å². The van der Waals surface area contributed by atoms with Gasteiger partial charge in [-0.15, -0.1) is 0 Å². The van der Waals surface area contributed by atoms with Gasteiger partial charge in [-0.3, -0.25) is 19.3 Å². The summed E-state index contributed by atoms with van der Waals surface area (Å²) in [5.41, 5.74) is 7.43. The summed E-state index contributed by atoms with van der Waals surface area (Å²) in [6, 6.07) is 4.23. The molecule has 1 aliphatic heterocycles. The summed E-state index contributed by atoms with van der Waals surface area (Å²) in [5, 5.41) is 13.6. The van der Waals surface area contributed by atoms with Crippen LogP contribution >= 0.6 is 0 Å². The number of ether oxygens (including phenoxy) is 2. The molecule has 0 bridgehead atoms. The Labute approximate surface area is 281 Å². The van der Waals surface area contributed by atoms with Gasteiger partial charge >= 0.3 is 0 Å². The summed E-state index contributed by atoms with van der Waals surface area (Å²) in [5.74, 6) is 1.46. The van der Waals surface area contributed by atoms with E-state index in [0.29, 0.717) is 75.0 Å². The predicted molar refractivity (Wildman–Crippen MR) is 179 cm³/mol. The minimum atomic E-state index is -0.738. The number of carbonyl (C=O) groups is 3. The van der Waals surface area contributed by atoms with E-state index in [1.807, 2.05) is 32.0 Å². The quantitative estimate of drug-likeness (QED) is 0.274. The van der Waals surface area contributed by atoms with Crippen LogP contribution in [0.15, 0.2) is 30.6 Å². The van der Waals surface area contributed by atoms with Crippen molar-refractivity contribution in [2.45, 2.75) is 78.0 Å². The van der Waals surface area contributed by atoms with Crippen LogP contribution in [0.2, 0.25) is 0 Å². The van der Waals surface area contributed by atoms with E-state index in [4.69, 9.17) is 20.2 Å². The van der Waals surface area contributed by atoms with Gasteiger partial charge in [0.15, 0.2) is 17.3 Å². The number of fused-ring (bicyclic) bond motifs is 1. The fourth-order valence-corrected chi connectivity index (χ4v) is 5.56. The normalized spacial score (nSPS) is 19.6. The van der Waals surface area contributed by atoms with Crippen molar-refractivity contribution in [2.24, 2.45) is 5.92 Å². The maximum Gasteiger partial charge on any atom is 0.243 e. The second-order valence-corrected chi connectivity index (χ2v) is 12.1. The molecule has 3 amide bonds. The van der Waals surface area contributed by atoms with Gasteiger partial charge in [0, 0.05) is 50.4 Å². The van der Waals surface area contributed by atoms with Crippen molar-refractivity contribution in [2.75, 3.05) is 39.6 Å². The highest BCUT2D eigenvalue weighted by molar-refractivity contribution is 5.88. The summed E-state index contributed by atoms with van der Waals surface area (Å²) >= 11 is 0. The van der Waals surface area contributed by atoms with Gasteiger partial charge in [0.05, 0.1) is 20.3 Å². The number of benzene rings is 1. The summed E-state index contributed by atoms with van der Waals surface area (Å²) in [6.45, 7) is 7.95. The third kappa shape index (κ3) is 10.1. The molecule has 0 aliphatic carbocycles. The number of rotatable bonds is 8. The zero-order valence-corrected chi connectivity index (χ0v) is 28.5. The third-order valence-electron chi connectivity index (χ3n) is 8.39. The van der Waals surface area contributed by atoms with E-state index in [1.54, 1.807) is 33.5 Å². The number of aromatic nitrogens is 5. The fraction of sp³-hybridized carbons (Fsp3) is 0.545. The molecule has 0 saturated carbocycles. The summed E-state index contributed by atoms with van der Waals surface area (Å²) in [4.78, 5) is 55.0. The lowest BCUT2D eigenvalue weighted by Crippen LogP contribution is -2.51. The second kappa shape index (κ2) is 17.4. The van der Waals surface area contributed by atoms with E-state index in [0.717, 1.165) is 11.1 Å². The van der Waals surface area contributed by atoms with E-state index in [9.17, 15) is 14.4 Å². The van der Waals surface area contributed by atoms with Crippen molar-refractivity contribution in [1.82, 2.24) is 45.6 Å². The molecule has 48 heavy (non-hydrogen) atoms. The van der Waals surface area contributed by atoms with Crippen LogP contribution in [0, 0.1) is 5.92 Å². The monoisotopic (exact) mass is 664 g/mol. The second-order valence-electron chi connectivity index (χ2n) is 12.1. The largest absolute Gasteiger partial charge is 0.493 e. The maximum absolute atomic E-state index is 13.6. The van der Waals surface area contributed by atoms with Gasteiger partial charge in [-0.1, -0.05) is 26.3 Å². The van der Waals surface area contributed by atoms with Crippen LogP contribution in [0.5, 0.6) is 11.5 Å². The van der Waals surface area contributed by atoms with Gasteiger partial charge in [0.25, 0.3) is 0 Å². The lowest BCUT2D eigenvalue weighted by Gasteiger charge is -2.26. The Kier molecular flexibility index (Phi) is 13.1. The molecular formula is C33H48N10O5. The van der Waals surface area contributed by atoms with Crippen LogP contribution in [-0.2, 0) is 33.9 Å². The Morgan fingerprint density at radius 3 is 2.44 bits per heavy atom. The minimum Gasteiger partial charge on any atom is -0.493 e. The standard InChI is InChI=1S/C33H48N10O5/c1-6-21(2)30-32(46)38-22(3)31-39-27(16-23-10-11-25(47-4)26(15-23)48-5)41-43(31)20-29(45)35-12-8-14-42(13-7-9-28(44)40-30)19-24-17-36-33(34)37-18-24/h10-11,15,17-18,21-22,30H,6-9,12-14,16,19-20H2,1-5H3,(H,35,45)(H,38,46)(H,40,44)(H2,34,36,37)/t21-,22+,30-/m0/s1. The summed E-state index contributed by atoms with van der Waals surface area (Å²) in [7, 11) is 3.15. The summed E-state index contributed by atoms with van der Waals surface area (Å²) in [6.07, 6.45) is 5.96. The highest BCUT2D eigenvalue weighted by Gasteiger charge is 2.29. The van der Waals surface area contributed by atoms with Crippen LogP contribution in [-0.4, -0.2) is 87.2 Å². The number of amides is 3. The molecule has 4 rings (SSSR count). The molecule has 0 fully saturated rings. The molecule has 3 aromatic rings. The van der Waals surface area contributed by atoms with Crippen LogP contribution in [0.4, 0.5) is 5.95 Å². The Hall–Kier alpha value is -4.79. The number of anilines is 1. The average Bonchev–Trinajstić information content (AvgIpc) is 3.47. The minimum absolute atomic E-state index is 0.0769. The van der Waals surface area contributed by atoms with Gasteiger partial charge in [-0.2, -0.15) is 5.10 Å². The lowest BCUT2D eigenvalue weighted by atomic mass is 9.97. The topological polar surface area (TPSA) is 192 Å². The summed E-state index contributed by atoms with van der Waals surface area (Å²) < 4.78 is 12.3. The lowest BCUT2D eigenvalue weighted by molar-refractivity contribution is -0.130. The number of methoxy groups -OCH3 is 2. The number of hydrogen-bond donors (Lipinski definition) is 4. The van der Waals surface area contributed by atoms with Crippen LogP contribution in [0.1, 0.15) is 75.3 Å². The van der Waals surface area contributed by atoms with Crippen molar-refractivity contribution in [3.05, 3.63) is 53.4 Å². The van der Waals surface area contributed by atoms with Crippen molar-refractivity contribution in [3.63, 3.8) is 0 Å². The smallest absolute Gasteiger partial charge is 0.243 e. The van der Waals surface area contributed by atoms with E-state index in [2.05, 4.69) is 35.9 Å². The van der Waals surface area contributed by atoms with Gasteiger partial charge < -0.3 is 31.2 Å². The molecule has 0 saturated heterocycles. The van der Waals surface area contributed by atoms with Crippen LogP contribution in [0.25, 0.3) is 0 Å². The van der Waals surface area contributed by atoms with Gasteiger partial charge in [0.2, 0.25) is 23.7 Å². The number of nitrogens with zero attached hydrogens (tertiary/aromatic N) is 6. The molecule has 5 N–H and O–H groups in total. The molecule has 1 aromatic carbocycles. The predicted octanol–water partition coefficient (Wildman–Crippen LogP) is 1.77. The first kappa shape index (κ1) is 36.1. The molecule has 0 radical (unpaired) electrons. The highest BCUT2D eigenvalue weighted by Crippen LogP contribution is 2.28. The zero-order valence-electron chi connectivity index (χ0n) is 28.5. The van der Waals surface area contributed by atoms with Gasteiger partial charge in [0.1, 0.15) is 18.4 Å². The zero-order chi connectivity index (χ0) is 34.6. The molecule has 15 heteroatoms. The number of nitrogens with one attached hydrogen (secondary N) is 3. The Morgan fingerprint density at radius 1 is 1.00 bits per heavy atom. The number of nitrogens with two attached hydrogens (primary N) is 1. The van der Waals surface area contributed by atoms with Crippen molar-refractivity contribution in [3.8, 4) is 11.5 Å². The van der Waals surface area contributed by atoms with E-state index in [-0.39, 0.29) is 42.6 Å². The maximum atomic E-state index is 13.6. The highest BCUT2D eigenvalue weighted by atomic mass is 16.5. The third-order valence-corrected chi connectivity index (χ3v) is 8.39. The molecular weight excluding hydrogens is 616 g/mol. The number of hydrogen-bond acceptors (Lipinski definition) is 11. The first-order valence-corrected chi connectivity index (χ1v) is 16.4. The van der Waals surface area contributed by atoms with Gasteiger partial charge in [-0.05, 0) is 49.9 Å². The molecule has 3 atom stereocenters. The number of nitrogen functional groups attached to an aromatic ring is 1. The Morgan fingerprint density at radius 2 is 1.73 bits per heavy atom. The SMILES string of the molecule is CC[C@H](C)[C@@H]1NC(=O)CCCN(Cc2cnc(N)nc2)CCCNC(=O)Cn2nc(Cc3ccc(OC)c(OC)c3)nc2[C@@H](C)NC1=O. The molecule has 0 spiro atoms. The van der Waals surface area contributed by atoms with E-state index >= 15 is 0 Å². The van der Waals surface area contributed by atoms with Crippen molar-refractivity contribution >= 4 is 23.7 Å². The molecule has 0 unspecified atom stereocenters. The first-order chi connectivity index (χ1) is 23.1. The molecule has 3 heterocycles. The average molecular weight is 665 g/mol. The van der Waals surface area contributed by atoms with Crippen LogP contribution in [0.3, 0.4) is 0 Å². The van der Waals surface area contributed by atoms with Crippen molar-refractivity contribution < 1.29 is 23.9 Å². The molecule has 260 valence electrons. The molecule has 1 aliphatic rings. The molecule has 15 nitrogen and oxygen atoms in total. The van der Waals surface area contributed by atoms with Gasteiger partial charge in [-0.25, -0.2) is 19.6 Å². The fourth-order valence-electron chi connectivity index (χ4n) is 5.56. The first-order valence-electron chi connectivity index (χ1n) is 16.4. The Bertz CT molecular complexity index is 1530. The number of carbonyl (C=O) groups excluding carboxylic acids is 3. The Balaban J connectivity index is 1.58. The van der Waals surface area contributed by atoms with E-state index < -0.39 is 12.1 Å².